The van der Waals surface area contributed by atoms with Crippen molar-refractivity contribution < 1.29 is 9.47 Å². The Morgan fingerprint density at radius 2 is 1.16 bits per heavy atom. The van der Waals surface area contributed by atoms with Crippen molar-refractivity contribution in [3.8, 4) is 11.5 Å². The van der Waals surface area contributed by atoms with E-state index < -0.39 is 0 Å². The van der Waals surface area contributed by atoms with Gasteiger partial charge in [-0.05, 0) is 29.3 Å². The van der Waals surface area contributed by atoms with Gasteiger partial charge in [-0.25, -0.2) is 0 Å². The summed E-state index contributed by atoms with van der Waals surface area (Å²) in [5, 5.41) is 1.03. The highest BCUT2D eigenvalue weighted by Crippen LogP contribution is 2.33. The van der Waals surface area contributed by atoms with Crippen LogP contribution in [0.1, 0.15) is 11.1 Å². The van der Waals surface area contributed by atoms with Crippen molar-refractivity contribution >= 4 is 10.9 Å². The molecule has 0 saturated carbocycles. The smallest absolute Gasteiger partial charge is 0.144 e. The van der Waals surface area contributed by atoms with Crippen molar-refractivity contribution in [2.45, 2.75) is 13.2 Å². The minimum Gasteiger partial charge on any atom is -0.488 e. The van der Waals surface area contributed by atoms with E-state index in [0.717, 1.165) is 33.5 Å². The maximum atomic E-state index is 6.01. The minimum atomic E-state index is 0.541. The highest BCUT2D eigenvalue weighted by molar-refractivity contribution is 5.90. The van der Waals surface area contributed by atoms with E-state index in [2.05, 4.69) is 29.2 Å². The van der Waals surface area contributed by atoms with Crippen LogP contribution in [-0.4, -0.2) is 4.98 Å². The molecule has 0 atom stereocenters. The van der Waals surface area contributed by atoms with Crippen molar-refractivity contribution in [3.05, 3.63) is 96.2 Å². The molecule has 0 saturated heterocycles. The zero-order chi connectivity index (χ0) is 16.9. The van der Waals surface area contributed by atoms with Crippen LogP contribution in [0.3, 0.4) is 0 Å². The van der Waals surface area contributed by atoms with Crippen LogP contribution < -0.4 is 9.47 Å². The Morgan fingerprint density at radius 3 is 1.80 bits per heavy atom. The SMILES string of the molecule is c1ccc(COc2ccc(OCc3ccccc3)c3[nH]ccc23)cc1. The van der Waals surface area contributed by atoms with Crippen LogP contribution in [0.15, 0.2) is 85.1 Å². The van der Waals surface area contributed by atoms with Crippen LogP contribution in [0.25, 0.3) is 10.9 Å². The van der Waals surface area contributed by atoms with Crippen LogP contribution in [0.5, 0.6) is 11.5 Å². The summed E-state index contributed by atoms with van der Waals surface area (Å²) < 4.78 is 12.0. The lowest BCUT2D eigenvalue weighted by Crippen LogP contribution is -1.98. The lowest BCUT2D eigenvalue weighted by Gasteiger charge is -2.11. The molecule has 0 fully saturated rings. The number of rotatable bonds is 6. The van der Waals surface area contributed by atoms with E-state index in [1.165, 1.54) is 0 Å². The van der Waals surface area contributed by atoms with Gasteiger partial charge in [0.05, 0.1) is 5.52 Å². The van der Waals surface area contributed by atoms with Gasteiger partial charge in [-0.3, -0.25) is 0 Å². The fourth-order valence-electron chi connectivity index (χ4n) is 2.82. The third-order valence-electron chi connectivity index (χ3n) is 4.12. The van der Waals surface area contributed by atoms with E-state index in [0.29, 0.717) is 13.2 Å². The van der Waals surface area contributed by atoms with Crippen LogP contribution in [0, 0.1) is 0 Å². The first-order valence-electron chi connectivity index (χ1n) is 8.34. The van der Waals surface area contributed by atoms with Gasteiger partial charge in [-0.2, -0.15) is 0 Å². The Hall–Kier alpha value is -3.20. The first-order valence-corrected chi connectivity index (χ1v) is 8.34. The number of ether oxygens (including phenoxy) is 2. The summed E-state index contributed by atoms with van der Waals surface area (Å²) >= 11 is 0. The predicted molar refractivity (Wildman–Crippen MR) is 99.8 cm³/mol. The largest absolute Gasteiger partial charge is 0.488 e. The number of hydrogen-bond donors (Lipinski definition) is 1. The molecule has 0 amide bonds. The summed E-state index contributed by atoms with van der Waals surface area (Å²) in [4.78, 5) is 3.26. The van der Waals surface area contributed by atoms with E-state index in [1.807, 2.05) is 60.8 Å². The predicted octanol–water partition coefficient (Wildman–Crippen LogP) is 5.33. The molecule has 0 spiro atoms. The quantitative estimate of drug-likeness (QED) is 0.519. The summed E-state index contributed by atoms with van der Waals surface area (Å²) in [7, 11) is 0. The zero-order valence-corrected chi connectivity index (χ0v) is 13.8. The van der Waals surface area contributed by atoms with Crippen molar-refractivity contribution in [3.63, 3.8) is 0 Å². The Labute approximate surface area is 146 Å². The normalized spacial score (nSPS) is 10.7. The summed E-state index contributed by atoms with van der Waals surface area (Å²) in [5.41, 5.74) is 3.25. The van der Waals surface area contributed by atoms with E-state index in [4.69, 9.17) is 9.47 Å². The molecule has 0 aliphatic heterocycles. The minimum absolute atomic E-state index is 0.541. The molecule has 124 valence electrons. The van der Waals surface area contributed by atoms with Gasteiger partial charge in [0.15, 0.2) is 0 Å². The molecule has 3 nitrogen and oxygen atoms in total. The number of fused-ring (bicyclic) bond motifs is 1. The highest BCUT2D eigenvalue weighted by atomic mass is 16.5. The molecule has 4 aromatic rings. The summed E-state index contributed by atoms with van der Waals surface area (Å²) in [6, 6.07) is 26.3. The van der Waals surface area contributed by atoms with E-state index in [1.54, 1.807) is 0 Å². The number of nitrogens with one attached hydrogen (secondary N) is 1. The van der Waals surface area contributed by atoms with E-state index in [-0.39, 0.29) is 0 Å². The van der Waals surface area contributed by atoms with Crippen molar-refractivity contribution in [2.24, 2.45) is 0 Å². The van der Waals surface area contributed by atoms with Gasteiger partial charge >= 0.3 is 0 Å². The van der Waals surface area contributed by atoms with Gasteiger partial charge < -0.3 is 14.5 Å². The molecule has 1 heterocycles. The molecule has 1 aromatic heterocycles. The third kappa shape index (κ3) is 3.50. The Kier molecular flexibility index (Phi) is 4.38. The lowest BCUT2D eigenvalue weighted by atomic mass is 10.2. The molecule has 3 heteroatoms. The maximum Gasteiger partial charge on any atom is 0.144 e. The van der Waals surface area contributed by atoms with Gasteiger partial charge in [-0.1, -0.05) is 60.7 Å². The molecule has 25 heavy (non-hydrogen) atoms. The Morgan fingerprint density at radius 1 is 0.600 bits per heavy atom. The van der Waals surface area contributed by atoms with Crippen molar-refractivity contribution in [2.75, 3.05) is 0 Å². The molecule has 0 radical (unpaired) electrons. The summed E-state index contributed by atoms with van der Waals surface area (Å²) in [6.45, 7) is 1.09. The van der Waals surface area contributed by atoms with Gasteiger partial charge in [0.1, 0.15) is 24.7 Å². The molecule has 0 aliphatic rings. The Balaban J connectivity index is 1.52. The standard InChI is InChI=1S/C22H19NO2/c1-3-7-17(8-4-1)15-24-20-11-12-21(22-19(20)13-14-23-22)25-16-18-9-5-2-6-10-18/h1-14,23H,15-16H2. The van der Waals surface area contributed by atoms with Gasteiger partial charge in [0.25, 0.3) is 0 Å². The molecular formula is C22H19NO2. The summed E-state index contributed by atoms with van der Waals surface area (Å²) in [5.74, 6) is 1.68. The number of benzene rings is 3. The number of aromatic nitrogens is 1. The van der Waals surface area contributed by atoms with Crippen LogP contribution in [0.2, 0.25) is 0 Å². The first kappa shape index (κ1) is 15.3. The third-order valence-corrected chi connectivity index (χ3v) is 4.12. The monoisotopic (exact) mass is 329 g/mol. The average Bonchev–Trinajstić information content (AvgIpc) is 3.17. The fraction of sp³-hybridized carbons (Fsp3) is 0.0909. The van der Waals surface area contributed by atoms with Gasteiger partial charge in [0, 0.05) is 11.6 Å². The highest BCUT2D eigenvalue weighted by Gasteiger charge is 2.09. The van der Waals surface area contributed by atoms with Crippen LogP contribution in [-0.2, 0) is 13.2 Å². The average molecular weight is 329 g/mol. The molecule has 1 N–H and O–H groups in total. The number of aromatic amines is 1. The lowest BCUT2D eigenvalue weighted by molar-refractivity contribution is 0.302. The van der Waals surface area contributed by atoms with Crippen LogP contribution >= 0.6 is 0 Å². The fourth-order valence-corrected chi connectivity index (χ4v) is 2.82. The van der Waals surface area contributed by atoms with Gasteiger partial charge in [-0.15, -0.1) is 0 Å². The molecular weight excluding hydrogens is 310 g/mol. The Bertz CT molecular complexity index is 868. The second-order valence-electron chi connectivity index (χ2n) is 5.88. The molecule has 4 rings (SSSR count). The number of hydrogen-bond acceptors (Lipinski definition) is 2. The molecule has 0 unspecified atom stereocenters. The molecule has 0 bridgehead atoms. The number of H-pyrrole nitrogens is 1. The van der Waals surface area contributed by atoms with Gasteiger partial charge in [0.2, 0.25) is 0 Å². The topological polar surface area (TPSA) is 34.2 Å². The van der Waals surface area contributed by atoms with Crippen molar-refractivity contribution in [1.82, 2.24) is 4.98 Å². The second-order valence-corrected chi connectivity index (χ2v) is 5.88. The van der Waals surface area contributed by atoms with Crippen molar-refractivity contribution in [1.29, 1.82) is 0 Å². The van der Waals surface area contributed by atoms with Crippen LogP contribution in [0.4, 0.5) is 0 Å². The second kappa shape index (κ2) is 7.14. The maximum absolute atomic E-state index is 6.01. The van der Waals surface area contributed by atoms with E-state index in [9.17, 15) is 0 Å². The molecule has 0 aliphatic carbocycles. The van der Waals surface area contributed by atoms with E-state index >= 15 is 0 Å². The zero-order valence-electron chi connectivity index (χ0n) is 13.8. The first-order chi connectivity index (χ1) is 12.4. The summed E-state index contributed by atoms with van der Waals surface area (Å²) in [6.07, 6.45) is 1.91. The molecule has 3 aromatic carbocycles.